The highest BCUT2D eigenvalue weighted by molar-refractivity contribution is 7.99. The molecule has 1 atom stereocenters. The van der Waals surface area contributed by atoms with Crippen LogP contribution >= 0.6 is 11.8 Å². The van der Waals surface area contributed by atoms with Gasteiger partial charge in [-0.05, 0) is 17.5 Å². The Labute approximate surface area is 90.5 Å². The summed E-state index contributed by atoms with van der Waals surface area (Å²) in [5.74, 6) is 1.07. The van der Waals surface area contributed by atoms with Crippen molar-refractivity contribution in [3.05, 3.63) is 35.4 Å². The molecule has 1 unspecified atom stereocenters. The number of aliphatic hydroxyl groups excluding tert-OH is 1. The Morgan fingerprint density at radius 1 is 1.21 bits per heavy atom. The monoisotopic (exact) mass is 210 g/mol. The summed E-state index contributed by atoms with van der Waals surface area (Å²) in [5, 5.41) is 9.61. The minimum atomic E-state index is 0.138. The maximum Gasteiger partial charge on any atom is 0.0681 e. The standard InChI is InChI=1S/C12H18OS/c1-3-10(2)14-9-12-6-4-11(8-13)5-7-12/h4-7,10,13H,3,8-9H2,1-2H3. The SMILES string of the molecule is CCC(C)SCc1ccc(CO)cc1. The number of hydrogen-bond acceptors (Lipinski definition) is 2. The topological polar surface area (TPSA) is 20.2 Å². The predicted molar refractivity (Wildman–Crippen MR) is 63.4 cm³/mol. The van der Waals surface area contributed by atoms with Crippen LogP contribution < -0.4 is 0 Å². The Hall–Kier alpha value is -0.470. The highest BCUT2D eigenvalue weighted by Gasteiger charge is 2.00. The van der Waals surface area contributed by atoms with Crippen molar-refractivity contribution in [1.29, 1.82) is 0 Å². The molecule has 0 spiro atoms. The first kappa shape index (κ1) is 11.6. The van der Waals surface area contributed by atoms with Gasteiger partial charge in [-0.15, -0.1) is 0 Å². The maximum absolute atomic E-state index is 8.88. The smallest absolute Gasteiger partial charge is 0.0681 e. The molecular formula is C12H18OS. The van der Waals surface area contributed by atoms with Crippen LogP contribution in [-0.4, -0.2) is 10.4 Å². The summed E-state index contributed by atoms with van der Waals surface area (Å²) in [6.45, 7) is 4.61. The largest absolute Gasteiger partial charge is 0.392 e. The molecule has 0 saturated carbocycles. The summed E-state index contributed by atoms with van der Waals surface area (Å²) < 4.78 is 0. The van der Waals surface area contributed by atoms with Crippen LogP contribution in [0.5, 0.6) is 0 Å². The minimum absolute atomic E-state index is 0.138. The van der Waals surface area contributed by atoms with Crippen molar-refractivity contribution in [2.75, 3.05) is 0 Å². The van der Waals surface area contributed by atoms with Crippen LogP contribution in [0.1, 0.15) is 31.4 Å². The third-order valence-corrected chi connectivity index (χ3v) is 3.72. The summed E-state index contributed by atoms with van der Waals surface area (Å²) in [7, 11) is 0. The summed E-state index contributed by atoms with van der Waals surface area (Å²) in [4.78, 5) is 0. The van der Waals surface area contributed by atoms with Gasteiger partial charge >= 0.3 is 0 Å². The molecule has 1 rings (SSSR count). The third kappa shape index (κ3) is 3.72. The lowest BCUT2D eigenvalue weighted by molar-refractivity contribution is 0.282. The zero-order valence-electron chi connectivity index (χ0n) is 8.86. The van der Waals surface area contributed by atoms with Crippen molar-refractivity contribution in [1.82, 2.24) is 0 Å². The number of thioether (sulfide) groups is 1. The van der Waals surface area contributed by atoms with E-state index in [4.69, 9.17) is 5.11 Å². The van der Waals surface area contributed by atoms with Crippen molar-refractivity contribution in [3.8, 4) is 0 Å². The van der Waals surface area contributed by atoms with Crippen LogP contribution in [0, 0.1) is 0 Å². The first-order valence-corrected chi connectivity index (χ1v) is 6.11. The second-order valence-corrected chi connectivity index (χ2v) is 4.93. The summed E-state index contributed by atoms with van der Waals surface area (Å²) in [6, 6.07) is 8.18. The van der Waals surface area contributed by atoms with Gasteiger partial charge in [-0.1, -0.05) is 38.1 Å². The van der Waals surface area contributed by atoms with Crippen molar-refractivity contribution < 1.29 is 5.11 Å². The van der Waals surface area contributed by atoms with Gasteiger partial charge in [-0.3, -0.25) is 0 Å². The van der Waals surface area contributed by atoms with Crippen LogP contribution in [0.3, 0.4) is 0 Å². The van der Waals surface area contributed by atoms with Gasteiger partial charge in [0.05, 0.1) is 6.61 Å². The molecule has 0 fully saturated rings. The van der Waals surface area contributed by atoms with Crippen LogP contribution in [0.2, 0.25) is 0 Å². The van der Waals surface area contributed by atoms with Gasteiger partial charge in [0.15, 0.2) is 0 Å². The van der Waals surface area contributed by atoms with Crippen LogP contribution in [0.15, 0.2) is 24.3 Å². The molecule has 0 aliphatic heterocycles. The fourth-order valence-corrected chi connectivity index (χ4v) is 2.00. The Morgan fingerprint density at radius 3 is 2.29 bits per heavy atom. The average molecular weight is 210 g/mol. The number of aliphatic hydroxyl groups is 1. The molecule has 1 aromatic rings. The van der Waals surface area contributed by atoms with Crippen LogP contribution in [0.4, 0.5) is 0 Å². The predicted octanol–water partition coefficient (Wildman–Crippen LogP) is 3.21. The van der Waals surface area contributed by atoms with Gasteiger partial charge in [0.1, 0.15) is 0 Å². The van der Waals surface area contributed by atoms with E-state index < -0.39 is 0 Å². The summed E-state index contributed by atoms with van der Waals surface area (Å²) >= 11 is 1.98. The van der Waals surface area contributed by atoms with E-state index in [1.54, 1.807) is 0 Å². The van der Waals surface area contributed by atoms with E-state index in [2.05, 4.69) is 26.0 Å². The van der Waals surface area contributed by atoms with Gasteiger partial charge in [-0.25, -0.2) is 0 Å². The molecule has 0 radical (unpaired) electrons. The zero-order valence-corrected chi connectivity index (χ0v) is 9.68. The first-order chi connectivity index (χ1) is 6.76. The van der Waals surface area contributed by atoms with Crippen molar-refractivity contribution in [2.24, 2.45) is 0 Å². The molecule has 0 amide bonds. The van der Waals surface area contributed by atoms with E-state index in [9.17, 15) is 0 Å². The second kappa shape index (κ2) is 6.10. The molecule has 0 saturated heterocycles. The number of benzene rings is 1. The Bertz CT molecular complexity index is 256. The Kier molecular flexibility index (Phi) is 5.05. The summed E-state index contributed by atoms with van der Waals surface area (Å²) in [6.07, 6.45) is 1.22. The molecule has 1 N–H and O–H groups in total. The zero-order chi connectivity index (χ0) is 10.4. The van der Waals surface area contributed by atoms with E-state index in [-0.39, 0.29) is 6.61 Å². The highest BCUT2D eigenvalue weighted by Crippen LogP contribution is 2.19. The molecule has 0 aliphatic rings. The van der Waals surface area contributed by atoms with Crippen LogP contribution in [-0.2, 0) is 12.4 Å². The van der Waals surface area contributed by atoms with Crippen molar-refractivity contribution in [3.63, 3.8) is 0 Å². The van der Waals surface area contributed by atoms with E-state index >= 15 is 0 Å². The average Bonchev–Trinajstić information content (AvgIpc) is 2.26. The quantitative estimate of drug-likeness (QED) is 0.805. The number of rotatable bonds is 5. The molecule has 0 bridgehead atoms. The highest BCUT2D eigenvalue weighted by atomic mass is 32.2. The van der Waals surface area contributed by atoms with Gasteiger partial charge in [-0.2, -0.15) is 11.8 Å². The fraction of sp³-hybridized carbons (Fsp3) is 0.500. The number of hydrogen-bond donors (Lipinski definition) is 1. The van der Waals surface area contributed by atoms with Gasteiger partial charge in [0.2, 0.25) is 0 Å². The van der Waals surface area contributed by atoms with Gasteiger partial charge < -0.3 is 5.11 Å². The van der Waals surface area contributed by atoms with E-state index in [0.717, 1.165) is 16.6 Å². The normalized spacial score (nSPS) is 12.8. The van der Waals surface area contributed by atoms with E-state index in [1.807, 2.05) is 23.9 Å². The molecule has 0 aliphatic carbocycles. The lowest BCUT2D eigenvalue weighted by Crippen LogP contribution is -1.93. The Morgan fingerprint density at radius 2 is 1.79 bits per heavy atom. The van der Waals surface area contributed by atoms with Gasteiger partial charge in [0.25, 0.3) is 0 Å². The molecule has 1 aromatic carbocycles. The van der Waals surface area contributed by atoms with Crippen molar-refractivity contribution >= 4 is 11.8 Å². The van der Waals surface area contributed by atoms with Gasteiger partial charge in [0, 0.05) is 11.0 Å². The molecule has 14 heavy (non-hydrogen) atoms. The summed E-state index contributed by atoms with van der Waals surface area (Å²) in [5.41, 5.74) is 2.33. The molecule has 1 nitrogen and oxygen atoms in total. The molecule has 0 aromatic heterocycles. The van der Waals surface area contributed by atoms with Crippen molar-refractivity contribution in [2.45, 2.75) is 37.9 Å². The van der Waals surface area contributed by atoms with E-state index in [0.29, 0.717) is 0 Å². The minimum Gasteiger partial charge on any atom is -0.392 e. The lowest BCUT2D eigenvalue weighted by Gasteiger charge is -2.08. The van der Waals surface area contributed by atoms with E-state index in [1.165, 1.54) is 12.0 Å². The molecular weight excluding hydrogens is 192 g/mol. The fourth-order valence-electron chi connectivity index (χ4n) is 1.10. The molecule has 0 heterocycles. The third-order valence-electron chi connectivity index (χ3n) is 2.31. The van der Waals surface area contributed by atoms with Crippen LogP contribution in [0.25, 0.3) is 0 Å². The second-order valence-electron chi connectivity index (χ2n) is 3.50. The molecule has 78 valence electrons. The Balaban J connectivity index is 2.43. The first-order valence-electron chi connectivity index (χ1n) is 5.06. The molecule has 2 heteroatoms. The maximum atomic E-state index is 8.88. The lowest BCUT2D eigenvalue weighted by atomic mass is 10.2.